The van der Waals surface area contributed by atoms with Gasteiger partial charge in [0.2, 0.25) is 0 Å². The van der Waals surface area contributed by atoms with E-state index in [2.05, 4.69) is 38.3 Å². The summed E-state index contributed by atoms with van der Waals surface area (Å²) in [6.07, 6.45) is 0. The number of hydrazine groups is 1. The van der Waals surface area contributed by atoms with Crippen LogP contribution in [0, 0.1) is 0 Å². The number of halogens is 1. The van der Waals surface area contributed by atoms with Crippen LogP contribution in [0.2, 0.25) is 0 Å². The van der Waals surface area contributed by atoms with E-state index in [1.807, 2.05) is 12.1 Å². The predicted molar refractivity (Wildman–Crippen MR) is 60.2 cm³/mol. The first-order valence-electron chi connectivity index (χ1n) is 4.11. The molecule has 0 aliphatic heterocycles. The van der Waals surface area contributed by atoms with Crippen LogP contribution in [-0.4, -0.2) is 0 Å². The summed E-state index contributed by atoms with van der Waals surface area (Å²) in [7, 11) is 0. The smallest absolute Gasteiger partial charge is 0.0488 e. The molecule has 1 aromatic rings. The second kappa shape index (κ2) is 4.49. The Balaban J connectivity index is 0.00000144. The number of nitrogens with one attached hydrogen (secondary N) is 1. The molecular formula is C10H17ClN2. The molecule has 0 heterocycles. The van der Waals surface area contributed by atoms with Crippen LogP contribution in [0.25, 0.3) is 0 Å². The number of nitrogen functional groups attached to an aromatic ring is 1. The Morgan fingerprint density at radius 1 is 1.23 bits per heavy atom. The van der Waals surface area contributed by atoms with Gasteiger partial charge in [-0.05, 0) is 23.1 Å². The maximum absolute atomic E-state index is 5.31. The topological polar surface area (TPSA) is 38.0 Å². The van der Waals surface area contributed by atoms with E-state index in [9.17, 15) is 0 Å². The first-order chi connectivity index (χ1) is 5.54. The second-order valence-electron chi connectivity index (χ2n) is 3.98. The highest BCUT2D eigenvalue weighted by atomic mass is 35.5. The van der Waals surface area contributed by atoms with Crippen LogP contribution in [-0.2, 0) is 5.41 Å². The molecule has 0 aliphatic carbocycles. The Labute approximate surface area is 85.9 Å². The van der Waals surface area contributed by atoms with Crippen molar-refractivity contribution in [1.29, 1.82) is 0 Å². The van der Waals surface area contributed by atoms with Crippen molar-refractivity contribution in [1.82, 2.24) is 0 Å². The summed E-state index contributed by atoms with van der Waals surface area (Å²) < 4.78 is 0. The third kappa shape index (κ3) is 3.25. The van der Waals surface area contributed by atoms with E-state index in [-0.39, 0.29) is 17.8 Å². The molecule has 0 atom stereocenters. The van der Waals surface area contributed by atoms with Crippen molar-refractivity contribution in [3.8, 4) is 0 Å². The summed E-state index contributed by atoms with van der Waals surface area (Å²) >= 11 is 0. The van der Waals surface area contributed by atoms with Crippen LogP contribution < -0.4 is 11.3 Å². The highest BCUT2D eigenvalue weighted by molar-refractivity contribution is 5.85. The zero-order chi connectivity index (χ0) is 9.19. The summed E-state index contributed by atoms with van der Waals surface area (Å²) in [4.78, 5) is 0. The van der Waals surface area contributed by atoms with Crippen LogP contribution in [0.3, 0.4) is 0 Å². The number of anilines is 1. The van der Waals surface area contributed by atoms with Crippen LogP contribution >= 0.6 is 12.4 Å². The van der Waals surface area contributed by atoms with Gasteiger partial charge in [-0.25, -0.2) is 0 Å². The van der Waals surface area contributed by atoms with E-state index in [1.165, 1.54) is 5.56 Å². The highest BCUT2D eigenvalue weighted by Gasteiger charge is 2.12. The molecule has 13 heavy (non-hydrogen) atoms. The summed E-state index contributed by atoms with van der Waals surface area (Å²) in [5.41, 5.74) is 5.08. The van der Waals surface area contributed by atoms with E-state index in [1.54, 1.807) is 0 Å². The minimum Gasteiger partial charge on any atom is -0.324 e. The van der Waals surface area contributed by atoms with Gasteiger partial charge in [0.05, 0.1) is 0 Å². The lowest BCUT2D eigenvalue weighted by atomic mass is 9.87. The zero-order valence-corrected chi connectivity index (χ0v) is 9.11. The standard InChI is InChI=1S/C10H16N2.ClH/c1-10(2,3)8-5-4-6-9(7-8)12-11;/h4-7,12H,11H2,1-3H3;1H. The zero-order valence-electron chi connectivity index (χ0n) is 8.29. The summed E-state index contributed by atoms with van der Waals surface area (Å²) in [6.45, 7) is 6.55. The van der Waals surface area contributed by atoms with Gasteiger partial charge in [-0.15, -0.1) is 12.4 Å². The highest BCUT2D eigenvalue weighted by Crippen LogP contribution is 2.23. The van der Waals surface area contributed by atoms with Gasteiger partial charge in [-0.3, -0.25) is 5.84 Å². The average Bonchev–Trinajstić information content (AvgIpc) is 2.03. The maximum atomic E-state index is 5.31. The van der Waals surface area contributed by atoms with E-state index in [4.69, 9.17) is 5.84 Å². The van der Waals surface area contributed by atoms with Gasteiger partial charge in [0.25, 0.3) is 0 Å². The van der Waals surface area contributed by atoms with E-state index in [0.717, 1.165) is 5.69 Å². The number of nitrogens with two attached hydrogens (primary N) is 1. The van der Waals surface area contributed by atoms with Gasteiger partial charge < -0.3 is 5.43 Å². The molecular weight excluding hydrogens is 184 g/mol. The lowest BCUT2D eigenvalue weighted by molar-refractivity contribution is 0.590. The molecule has 0 radical (unpaired) electrons. The van der Waals surface area contributed by atoms with Crippen molar-refractivity contribution >= 4 is 18.1 Å². The van der Waals surface area contributed by atoms with Crippen molar-refractivity contribution in [2.45, 2.75) is 26.2 Å². The molecule has 0 unspecified atom stereocenters. The molecule has 3 N–H and O–H groups in total. The molecule has 0 spiro atoms. The Hall–Kier alpha value is -0.730. The lowest BCUT2D eigenvalue weighted by Crippen LogP contribution is -2.13. The molecule has 1 aromatic carbocycles. The summed E-state index contributed by atoms with van der Waals surface area (Å²) in [5, 5.41) is 0. The molecule has 0 amide bonds. The molecule has 0 saturated carbocycles. The molecule has 0 aliphatic rings. The number of hydrogen-bond acceptors (Lipinski definition) is 2. The maximum Gasteiger partial charge on any atom is 0.0488 e. The van der Waals surface area contributed by atoms with Gasteiger partial charge in [0, 0.05) is 5.69 Å². The quantitative estimate of drug-likeness (QED) is 0.541. The Morgan fingerprint density at radius 2 is 1.85 bits per heavy atom. The minimum atomic E-state index is 0. The SMILES string of the molecule is CC(C)(C)c1cccc(NN)c1.Cl. The molecule has 2 nitrogen and oxygen atoms in total. The van der Waals surface area contributed by atoms with Gasteiger partial charge in [0.15, 0.2) is 0 Å². The van der Waals surface area contributed by atoms with Gasteiger partial charge in [-0.1, -0.05) is 32.9 Å². The lowest BCUT2D eigenvalue weighted by Gasteiger charge is -2.19. The van der Waals surface area contributed by atoms with Crippen molar-refractivity contribution in [3.63, 3.8) is 0 Å². The van der Waals surface area contributed by atoms with Gasteiger partial charge >= 0.3 is 0 Å². The molecule has 3 heteroatoms. The molecule has 1 rings (SSSR count). The Morgan fingerprint density at radius 3 is 2.31 bits per heavy atom. The minimum absolute atomic E-state index is 0. The molecule has 0 saturated heterocycles. The summed E-state index contributed by atoms with van der Waals surface area (Å²) in [6, 6.07) is 8.14. The van der Waals surface area contributed by atoms with Gasteiger partial charge in [-0.2, -0.15) is 0 Å². The summed E-state index contributed by atoms with van der Waals surface area (Å²) in [5.74, 6) is 5.31. The van der Waals surface area contributed by atoms with Crippen molar-refractivity contribution in [2.75, 3.05) is 5.43 Å². The average molecular weight is 201 g/mol. The van der Waals surface area contributed by atoms with E-state index < -0.39 is 0 Å². The molecule has 0 aromatic heterocycles. The van der Waals surface area contributed by atoms with Crippen molar-refractivity contribution < 1.29 is 0 Å². The van der Waals surface area contributed by atoms with Crippen LogP contribution in [0.15, 0.2) is 24.3 Å². The van der Waals surface area contributed by atoms with E-state index >= 15 is 0 Å². The first-order valence-corrected chi connectivity index (χ1v) is 4.11. The molecule has 0 bridgehead atoms. The molecule has 0 fully saturated rings. The third-order valence-corrected chi connectivity index (χ3v) is 1.90. The second-order valence-corrected chi connectivity index (χ2v) is 3.98. The number of rotatable bonds is 1. The number of hydrogen-bond donors (Lipinski definition) is 2. The monoisotopic (exact) mass is 200 g/mol. The van der Waals surface area contributed by atoms with Gasteiger partial charge in [0.1, 0.15) is 0 Å². The van der Waals surface area contributed by atoms with Crippen molar-refractivity contribution in [2.24, 2.45) is 5.84 Å². The fourth-order valence-electron chi connectivity index (χ4n) is 1.08. The number of benzene rings is 1. The largest absolute Gasteiger partial charge is 0.324 e. The van der Waals surface area contributed by atoms with Crippen LogP contribution in [0.1, 0.15) is 26.3 Å². The molecule has 74 valence electrons. The predicted octanol–water partition coefficient (Wildman–Crippen LogP) is 2.69. The van der Waals surface area contributed by atoms with Crippen molar-refractivity contribution in [3.05, 3.63) is 29.8 Å². The third-order valence-electron chi connectivity index (χ3n) is 1.90. The Kier molecular flexibility index (Phi) is 4.24. The fraction of sp³-hybridized carbons (Fsp3) is 0.400. The van der Waals surface area contributed by atoms with E-state index in [0.29, 0.717) is 0 Å². The van der Waals surface area contributed by atoms with Crippen LogP contribution in [0.4, 0.5) is 5.69 Å². The van der Waals surface area contributed by atoms with Crippen LogP contribution in [0.5, 0.6) is 0 Å². The fourth-order valence-corrected chi connectivity index (χ4v) is 1.08. The first kappa shape index (κ1) is 12.3. The Bertz CT molecular complexity index is 266. The normalized spacial score (nSPS) is 10.5.